The summed E-state index contributed by atoms with van der Waals surface area (Å²) in [5.41, 5.74) is 0.685. The molecule has 3 N–H and O–H groups in total. The number of halogens is 3. The SMILES string of the molecule is CC1(O)CCC(Nc2nc(NCc3cncnc3-c3ccccc3)ncc2C(F)(F)F)CC1. The van der Waals surface area contributed by atoms with Crippen molar-refractivity contribution in [2.24, 2.45) is 0 Å². The van der Waals surface area contributed by atoms with Crippen molar-refractivity contribution in [2.75, 3.05) is 10.6 Å². The molecule has 7 nitrogen and oxygen atoms in total. The summed E-state index contributed by atoms with van der Waals surface area (Å²) in [6.07, 6.45) is 1.43. The lowest BCUT2D eigenvalue weighted by Crippen LogP contribution is -2.36. The Hall–Kier alpha value is -3.27. The van der Waals surface area contributed by atoms with Crippen LogP contribution in [-0.2, 0) is 12.7 Å². The van der Waals surface area contributed by atoms with E-state index in [-0.39, 0.29) is 24.4 Å². The fourth-order valence-corrected chi connectivity index (χ4v) is 3.88. The second kappa shape index (κ2) is 9.30. The van der Waals surface area contributed by atoms with Crippen LogP contribution in [0.3, 0.4) is 0 Å². The van der Waals surface area contributed by atoms with E-state index in [9.17, 15) is 18.3 Å². The Balaban J connectivity index is 1.53. The first-order valence-corrected chi connectivity index (χ1v) is 10.7. The average molecular weight is 458 g/mol. The van der Waals surface area contributed by atoms with Crippen LogP contribution in [0.5, 0.6) is 0 Å². The van der Waals surface area contributed by atoms with Crippen LogP contribution >= 0.6 is 0 Å². The molecular weight excluding hydrogens is 433 g/mol. The number of anilines is 2. The Kier molecular flexibility index (Phi) is 6.46. The third-order valence-electron chi connectivity index (χ3n) is 5.77. The van der Waals surface area contributed by atoms with E-state index >= 15 is 0 Å². The molecule has 0 atom stereocenters. The van der Waals surface area contributed by atoms with Crippen LogP contribution in [0, 0.1) is 0 Å². The highest BCUT2D eigenvalue weighted by molar-refractivity contribution is 5.62. The molecule has 3 aromatic rings. The van der Waals surface area contributed by atoms with Crippen LogP contribution in [-0.4, -0.2) is 36.7 Å². The van der Waals surface area contributed by atoms with Crippen molar-refractivity contribution in [1.29, 1.82) is 0 Å². The Labute approximate surface area is 189 Å². The summed E-state index contributed by atoms with van der Waals surface area (Å²) in [4.78, 5) is 16.4. The maximum atomic E-state index is 13.6. The van der Waals surface area contributed by atoms with E-state index in [2.05, 4.69) is 30.6 Å². The third-order valence-corrected chi connectivity index (χ3v) is 5.77. The zero-order chi connectivity index (χ0) is 23.5. The van der Waals surface area contributed by atoms with Gasteiger partial charge in [-0.3, -0.25) is 0 Å². The van der Waals surface area contributed by atoms with Crippen LogP contribution < -0.4 is 10.6 Å². The smallest absolute Gasteiger partial charge is 0.390 e. The van der Waals surface area contributed by atoms with Gasteiger partial charge in [-0.15, -0.1) is 0 Å². The van der Waals surface area contributed by atoms with Crippen LogP contribution in [0.2, 0.25) is 0 Å². The molecule has 0 aliphatic heterocycles. The standard InChI is InChI=1S/C23H25F3N6O/c1-22(33)9-7-17(8-10-22)31-20-18(23(24,25)26)13-29-21(32-20)28-12-16-11-27-14-30-19(16)15-5-3-2-4-6-15/h2-6,11,13-14,17,33H,7-10,12H2,1H3,(H2,28,29,31,32). The van der Waals surface area contributed by atoms with Crippen LogP contribution in [0.15, 0.2) is 49.1 Å². The topological polar surface area (TPSA) is 95.8 Å². The monoisotopic (exact) mass is 458 g/mol. The van der Waals surface area contributed by atoms with Crippen molar-refractivity contribution in [3.8, 4) is 11.3 Å². The van der Waals surface area contributed by atoms with Gasteiger partial charge < -0.3 is 15.7 Å². The molecule has 0 amide bonds. The Bertz CT molecular complexity index is 1080. The summed E-state index contributed by atoms with van der Waals surface area (Å²) >= 11 is 0. The molecule has 0 saturated heterocycles. The molecule has 1 aliphatic rings. The number of aromatic nitrogens is 4. The number of aliphatic hydroxyl groups is 1. The Morgan fingerprint density at radius 1 is 1.09 bits per heavy atom. The molecule has 1 fully saturated rings. The zero-order valence-corrected chi connectivity index (χ0v) is 18.1. The van der Waals surface area contributed by atoms with Gasteiger partial charge in [0.15, 0.2) is 0 Å². The molecule has 33 heavy (non-hydrogen) atoms. The lowest BCUT2D eigenvalue weighted by Gasteiger charge is -2.34. The minimum atomic E-state index is -4.59. The number of hydrogen-bond acceptors (Lipinski definition) is 7. The van der Waals surface area contributed by atoms with Crippen molar-refractivity contribution in [3.05, 3.63) is 60.2 Å². The van der Waals surface area contributed by atoms with E-state index in [1.165, 1.54) is 6.33 Å². The summed E-state index contributed by atoms with van der Waals surface area (Å²) in [6.45, 7) is 1.98. The normalized spacial score (nSPS) is 20.9. The summed E-state index contributed by atoms with van der Waals surface area (Å²) in [5.74, 6) is -0.199. The highest BCUT2D eigenvalue weighted by atomic mass is 19.4. The molecule has 4 rings (SSSR count). The average Bonchev–Trinajstić information content (AvgIpc) is 2.79. The second-order valence-electron chi connectivity index (χ2n) is 8.49. The van der Waals surface area contributed by atoms with Crippen molar-refractivity contribution in [3.63, 3.8) is 0 Å². The van der Waals surface area contributed by atoms with Crippen molar-refractivity contribution in [2.45, 2.75) is 57.0 Å². The summed E-state index contributed by atoms with van der Waals surface area (Å²) < 4.78 is 40.7. The van der Waals surface area contributed by atoms with Gasteiger partial charge in [0.2, 0.25) is 5.95 Å². The summed E-state index contributed by atoms with van der Waals surface area (Å²) in [6, 6.07) is 9.34. The van der Waals surface area contributed by atoms with Gasteiger partial charge in [0.25, 0.3) is 0 Å². The molecule has 0 radical (unpaired) electrons. The highest BCUT2D eigenvalue weighted by Crippen LogP contribution is 2.36. The molecule has 1 aliphatic carbocycles. The van der Waals surface area contributed by atoms with Crippen molar-refractivity contribution < 1.29 is 18.3 Å². The molecule has 0 spiro atoms. The number of hydrogen-bond donors (Lipinski definition) is 3. The maximum absolute atomic E-state index is 13.6. The van der Waals surface area contributed by atoms with E-state index in [1.54, 1.807) is 13.1 Å². The predicted octanol–water partition coefficient (Wildman–Crippen LogP) is 4.67. The summed E-state index contributed by atoms with van der Waals surface area (Å²) in [5, 5.41) is 16.0. The van der Waals surface area contributed by atoms with Gasteiger partial charge in [-0.05, 0) is 32.6 Å². The van der Waals surface area contributed by atoms with E-state index in [0.29, 0.717) is 25.7 Å². The number of nitrogens with one attached hydrogen (secondary N) is 2. The lowest BCUT2D eigenvalue weighted by molar-refractivity contribution is -0.137. The molecule has 1 saturated carbocycles. The first-order chi connectivity index (χ1) is 15.7. The molecule has 2 aromatic heterocycles. The van der Waals surface area contributed by atoms with Gasteiger partial charge in [0, 0.05) is 36.1 Å². The van der Waals surface area contributed by atoms with Gasteiger partial charge in [0.05, 0.1) is 11.3 Å². The number of nitrogens with zero attached hydrogens (tertiary/aromatic N) is 4. The maximum Gasteiger partial charge on any atom is 0.421 e. The highest BCUT2D eigenvalue weighted by Gasteiger charge is 2.37. The summed E-state index contributed by atoms with van der Waals surface area (Å²) in [7, 11) is 0. The van der Waals surface area contributed by atoms with E-state index in [4.69, 9.17) is 0 Å². The third kappa shape index (κ3) is 5.75. The molecule has 1 aromatic carbocycles. The molecule has 2 heterocycles. The van der Waals surface area contributed by atoms with Gasteiger partial charge in [0.1, 0.15) is 17.7 Å². The molecular formula is C23H25F3N6O. The fourth-order valence-electron chi connectivity index (χ4n) is 3.88. The number of alkyl halides is 3. The Morgan fingerprint density at radius 3 is 2.52 bits per heavy atom. The number of rotatable bonds is 6. The fraction of sp³-hybridized carbons (Fsp3) is 0.391. The largest absolute Gasteiger partial charge is 0.421 e. The molecule has 174 valence electrons. The molecule has 0 bridgehead atoms. The Morgan fingerprint density at radius 2 is 1.82 bits per heavy atom. The van der Waals surface area contributed by atoms with E-state index in [0.717, 1.165) is 23.0 Å². The van der Waals surface area contributed by atoms with Crippen LogP contribution in [0.4, 0.5) is 24.9 Å². The van der Waals surface area contributed by atoms with Crippen LogP contribution in [0.25, 0.3) is 11.3 Å². The van der Waals surface area contributed by atoms with Gasteiger partial charge >= 0.3 is 6.18 Å². The molecule has 0 unspecified atom stereocenters. The zero-order valence-electron chi connectivity index (χ0n) is 18.1. The van der Waals surface area contributed by atoms with E-state index in [1.807, 2.05) is 30.3 Å². The molecule has 10 heteroatoms. The first kappa shape index (κ1) is 22.9. The van der Waals surface area contributed by atoms with Crippen LogP contribution in [0.1, 0.15) is 43.7 Å². The van der Waals surface area contributed by atoms with Crippen molar-refractivity contribution >= 4 is 11.8 Å². The quantitative estimate of drug-likeness (QED) is 0.494. The van der Waals surface area contributed by atoms with Gasteiger partial charge in [-0.2, -0.15) is 18.2 Å². The van der Waals surface area contributed by atoms with Gasteiger partial charge in [-0.1, -0.05) is 30.3 Å². The van der Waals surface area contributed by atoms with Gasteiger partial charge in [-0.25, -0.2) is 15.0 Å². The first-order valence-electron chi connectivity index (χ1n) is 10.7. The van der Waals surface area contributed by atoms with E-state index < -0.39 is 17.3 Å². The minimum Gasteiger partial charge on any atom is -0.390 e. The second-order valence-corrected chi connectivity index (χ2v) is 8.49. The lowest BCUT2D eigenvalue weighted by atomic mass is 9.83. The minimum absolute atomic E-state index is 0.0659. The predicted molar refractivity (Wildman–Crippen MR) is 118 cm³/mol. The van der Waals surface area contributed by atoms with Crippen molar-refractivity contribution in [1.82, 2.24) is 19.9 Å². The number of benzene rings is 1.